The minimum Gasteiger partial charge on any atom is -0.395 e. The first-order valence-corrected chi connectivity index (χ1v) is 9.64. The molecule has 2 aliphatic rings. The van der Waals surface area contributed by atoms with E-state index < -0.39 is 11.9 Å². The van der Waals surface area contributed by atoms with E-state index >= 15 is 0 Å². The number of hydrogen-bond donors (Lipinski definition) is 4. The molecule has 1 aliphatic carbocycles. The van der Waals surface area contributed by atoms with E-state index in [1.165, 1.54) is 11.1 Å². The zero-order valence-corrected chi connectivity index (χ0v) is 16.1. The molecule has 1 aromatic carbocycles. The van der Waals surface area contributed by atoms with Crippen LogP contribution in [0.4, 0.5) is 4.79 Å². The standard InChI is InChI=1S/C21H24N6O2/c1-13-18(22)19(25-21(29)24-13)20(28)23-10-15-7-8-17-16(9-15)12-27(26-17)11-14-5-3-2-4-6-14/h2-6,12,15H,1,7-11,22H2,(H,23,28)(H2,24,25,29). The van der Waals surface area contributed by atoms with E-state index in [0.717, 1.165) is 31.5 Å². The molecule has 0 fully saturated rings. The molecule has 150 valence electrons. The van der Waals surface area contributed by atoms with Crippen molar-refractivity contribution in [3.8, 4) is 0 Å². The Morgan fingerprint density at radius 2 is 2.10 bits per heavy atom. The second-order valence-electron chi connectivity index (χ2n) is 7.45. The molecule has 3 amide bonds. The van der Waals surface area contributed by atoms with Crippen LogP contribution in [0.3, 0.4) is 0 Å². The van der Waals surface area contributed by atoms with Gasteiger partial charge in [-0.3, -0.25) is 9.48 Å². The largest absolute Gasteiger partial charge is 0.395 e. The monoisotopic (exact) mass is 392 g/mol. The van der Waals surface area contributed by atoms with Crippen molar-refractivity contribution in [3.05, 3.63) is 77.0 Å². The summed E-state index contributed by atoms with van der Waals surface area (Å²) in [5.74, 6) is -0.0904. The third-order valence-electron chi connectivity index (χ3n) is 5.29. The third-order valence-corrected chi connectivity index (χ3v) is 5.29. The average Bonchev–Trinajstić information content (AvgIpc) is 3.11. The van der Waals surface area contributed by atoms with Crippen molar-refractivity contribution in [2.24, 2.45) is 11.7 Å². The fraction of sp³-hybridized carbons (Fsp3) is 0.286. The maximum absolute atomic E-state index is 12.4. The van der Waals surface area contributed by atoms with Gasteiger partial charge in [-0.05, 0) is 36.3 Å². The molecule has 8 nitrogen and oxygen atoms in total. The Morgan fingerprint density at radius 3 is 2.90 bits per heavy atom. The molecule has 1 atom stereocenters. The topological polar surface area (TPSA) is 114 Å². The normalized spacial score (nSPS) is 18.7. The highest BCUT2D eigenvalue weighted by Gasteiger charge is 2.26. The number of aryl methyl sites for hydroxylation is 1. The Balaban J connectivity index is 1.36. The number of amides is 3. The van der Waals surface area contributed by atoms with Crippen LogP contribution in [0, 0.1) is 5.92 Å². The Hall–Kier alpha value is -3.55. The lowest BCUT2D eigenvalue weighted by Gasteiger charge is -2.24. The Bertz CT molecular complexity index is 992. The van der Waals surface area contributed by atoms with E-state index in [2.05, 4.69) is 40.9 Å². The van der Waals surface area contributed by atoms with Gasteiger partial charge in [-0.25, -0.2) is 4.79 Å². The van der Waals surface area contributed by atoms with Gasteiger partial charge in [-0.15, -0.1) is 0 Å². The predicted molar refractivity (Wildman–Crippen MR) is 108 cm³/mol. The van der Waals surface area contributed by atoms with Crippen molar-refractivity contribution in [1.82, 2.24) is 25.7 Å². The molecule has 0 saturated heterocycles. The Labute approximate surface area is 168 Å². The second-order valence-corrected chi connectivity index (χ2v) is 7.45. The van der Waals surface area contributed by atoms with Gasteiger partial charge in [0.1, 0.15) is 5.70 Å². The molecule has 8 heteroatoms. The van der Waals surface area contributed by atoms with E-state index in [1.807, 2.05) is 22.9 Å². The van der Waals surface area contributed by atoms with Crippen LogP contribution in [-0.4, -0.2) is 28.3 Å². The van der Waals surface area contributed by atoms with Crippen LogP contribution in [0.1, 0.15) is 23.2 Å². The number of fused-ring (bicyclic) bond motifs is 1. The van der Waals surface area contributed by atoms with Gasteiger partial charge >= 0.3 is 6.03 Å². The number of benzene rings is 1. The van der Waals surface area contributed by atoms with Crippen molar-refractivity contribution in [1.29, 1.82) is 0 Å². The molecular formula is C21H24N6O2. The van der Waals surface area contributed by atoms with Gasteiger partial charge in [0.2, 0.25) is 0 Å². The quantitative estimate of drug-likeness (QED) is 0.611. The van der Waals surface area contributed by atoms with Crippen LogP contribution >= 0.6 is 0 Å². The highest BCUT2D eigenvalue weighted by Crippen LogP contribution is 2.24. The highest BCUT2D eigenvalue weighted by molar-refractivity contribution is 6.00. The van der Waals surface area contributed by atoms with Gasteiger partial charge in [0.05, 0.1) is 23.6 Å². The number of hydrogen-bond acceptors (Lipinski definition) is 4. The molecule has 1 aliphatic heterocycles. The van der Waals surface area contributed by atoms with Crippen molar-refractivity contribution >= 4 is 11.9 Å². The summed E-state index contributed by atoms with van der Waals surface area (Å²) >= 11 is 0. The lowest BCUT2D eigenvalue weighted by Crippen LogP contribution is -2.47. The lowest BCUT2D eigenvalue weighted by atomic mass is 9.88. The summed E-state index contributed by atoms with van der Waals surface area (Å²) < 4.78 is 1.99. The number of nitrogens with two attached hydrogens (primary N) is 1. The molecule has 29 heavy (non-hydrogen) atoms. The molecule has 1 unspecified atom stereocenters. The zero-order chi connectivity index (χ0) is 20.4. The third kappa shape index (κ3) is 4.16. The minimum absolute atomic E-state index is 0.0472. The molecule has 0 radical (unpaired) electrons. The van der Waals surface area contributed by atoms with Gasteiger partial charge in [-0.2, -0.15) is 5.10 Å². The van der Waals surface area contributed by atoms with Crippen molar-refractivity contribution in [2.75, 3.05) is 6.54 Å². The number of nitrogens with zero attached hydrogens (tertiary/aromatic N) is 2. The number of aromatic nitrogens is 2. The van der Waals surface area contributed by atoms with E-state index in [9.17, 15) is 9.59 Å². The molecule has 0 saturated carbocycles. The molecule has 5 N–H and O–H groups in total. The molecule has 4 rings (SSSR count). The first-order valence-electron chi connectivity index (χ1n) is 9.64. The Morgan fingerprint density at radius 1 is 1.31 bits per heavy atom. The summed E-state index contributed by atoms with van der Waals surface area (Å²) in [4.78, 5) is 24.0. The van der Waals surface area contributed by atoms with Gasteiger partial charge in [0.15, 0.2) is 0 Å². The van der Waals surface area contributed by atoms with Gasteiger partial charge in [0.25, 0.3) is 5.91 Å². The summed E-state index contributed by atoms with van der Waals surface area (Å²) in [5.41, 5.74) is 9.86. The summed E-state index contributed by atoms with van der Waals surface area (Å²) in [6.45, 7) is 4.90. The Kier molecular flexibility index (Phi) is 5.07. The first kappa shape index (κ1) is 18.8. The zero-order valence-electron chi connectivity index (χ0n) is 16.1. The molecule has 1 aromatic heterocycles. The minimum atomic E-state index is -0.512. The van der Waals surface area contributed by atoms with E-state index in [-0.39, 0.29) is 17.1 Å². The summed E-state index contributed by atoms with van der Waals surface area (Å²) in [7, 11) is 0. The molecule has 0 bridgehead atoms. The number of rotatable bonds is 5. The number of nitrogens with one attached hydrogen (secondary N) is 3. The lowest BCUT2D eigenvalue weighted by molar-refractivity contribution is -0.118. The molecule has 0 spiro atoms. The van der Waals surface area contributed by atoms with E-state index in [0.29, 0.717) is 12.5 Å². The fourth-order valence-corrected chi connectivity index (χ4v) is 3.74. The van der Waals surface area contributed by atoms with Crippen LogP contribution in [0.2, 0.25) is 0 Å². The van der Waals surface area contributed by atoms with Crippen LogP contribution < -0.4 is 21.7 Å². The van der Waals surface area contributed by atoms with E-state index in [4.69, 9.17) is 10.8 Å². The molecule has 2 heterocycles. The number of carbonyl (C=O) groups is 2. The van der Waals surface area contributed by atoms with Crippen LogP contribution in [0.25, 0.3) is 0 Å². The van der Waals surface area contributed by atoms with E-state index in [1.54, 1.807) is 0 Å². The maximum Gasteiger partial charge on any atom is 0.323 e. The van der Waals surface area contributed by atoms with Gasteiger partial charge in [-0.1, -0.05) is 36.9 Å². The number of carbonyl (C=O) groups excluding carboxylic acids is 2. The average molecular weight is 392 g/mol. The van der Waals surface area contributed by atoms with Crippen LogP contribution in [0.5, 0.6) is 0 Å². The smallest absolute Gasteiger partial charge is 0.323 e. The van der Waals surface area contributed by atoms with Gasteiger partial charge in [0, 0.05) is 12.7 Å². The molecule has 2 aromatic rings. The van der Waals surface area contributed by atoms with Crippen LogP contribution in [0.15, 0.2) is 60.2 Å². The first-order chi connectivity index (χ1) is 14.0. The summed E-state index contributed by atoms with van der Waals surface area (Å²) in [5, 5.41) is 12.5. The molecular weight excluding hydrogens is 368 g/mol. The highest BCUT2D eigenvalue weighted by atomic mass is 16.2. The van der Waals surface area contributed by atoms with Crippen molar-refractivity contribution in [3.63, 3.8) is 0 Å². The van der Waals surface area contributed by atoms with Crippen LogP contribution in [-0.2, 0) is 24.2 Å². The summed E-state index contributed by atoms with van der Waals surface area (Å²) in [6, 6.07) is 9.73. The maximum atomic E-state index is 12.4. The number of urea groups is 1. The fourth-order valence-electron chi connectivity index (χ4n) is 3.74. The predicted octanol–water partition coefficient (Wildman–Crippen LogP) is 1.15. The second kappa shape index (κ2) is 7.83. The van der Waals surface area contributed by atoms with Gasteiger partial charge < -0.3 is 21.7 Å². The van der Waals surface area contributed by atoms with Crippen molar-refractivity contribution in [2.45, 2.75) is 25.8 Å². The SMILES string of the molecule is C=C1NC(=O)NC(C(=O)NCC2CCc3nn(Cc4ccccc4)cc3C2)=C1N. The van der Waals surface area contributed by atoms with Crippen molar-refractivity contribution < 1.29 is 9.59 Å². The summed E-state index contributed by atoms with van der Waals surface area (Å²) in [6.07, 6.45) is 4.80.